The average Bonchev–Trinajstić information content (AvgIpc) is 2.79. The summed E-state index contributed by atoms with van der Waals surface area (Å²) in [5.41, 5.74) is -0.0773. The molecule has 3 aromatic rings. The number of nitro benzene ring substituents is 1. The van der Waals surface area contributed by atoms with E-state index in [9.17, 15) is 28.9 Å². The van der Waals surface area contributed by atoms with Gasteiger partial charge < -0.3 is 10.1 Å². The summed E-state index contributed by atoms with van der Waals surface area (Å²) in [4.78, 5) is 47.9. The highest BCUT2D eigenvalue weighted by Gasteiger charge is 2.20. The van der Waals surface area contributed by atoms with Gasteiger partial charge in [-0.2, -0.15) is 0 Å². The number of hydrogen-bond donors (Lipinski definition) is 2. The molecule has 0 heterocycles. The first-order chi connectivity index (χ1) is 16.9. The molecule has 0 aromatic heterocycles. The largest absolute Gasteiger partial charge is 0.444 e. The van der Waals surface area contributed by atoms with E-state index in [1.165, 1.54) is 36.4 Å². The maximum absolute atomic E-state index is 14.3. The van der Waals surface area contributed by atoms with Crippen LogP contribution in [0.5, 0.6) is 0 Å². The van der Waals surface area contributed by atoms with Gasteiger partial charge in [-0.05, 0) is 44.5 Å². The smallest absolute Gasteiger partial charge is 0.412 e. The maximum Gasteiger partial charge on any atom is 0.412 e. The molecule has 2 N–H and O–H groups in total. The number of amides is 2. The Hall–Kier alpha value is -4.60. The standard InChI is InChI=1S/C26H24FN3O6/c1-26(2,3)36-25(33)29-21-12-11-16(19-9-4-5-10-20(19)27)14-22(21)28-24(32)15-23(31)17-7-6-8-18(13-17)30(34)35/h4-14H,15H2,1-3H3,(H,28,32)(H,29,33). The molecule has 0 spiro atoms. The third-order valence-corrected chi connectivity index (χ3v) is 4.81. The van der Waals surface area contributed by atoms with Gasteiger partial charge in [0.25, 0.3) is 5.69 Å². The molecule has 0 aliphatic carbocycles. The van der Waals surface area contributed by atoms with Gasteiger partial charge in [0, 0.05) is 23.3 Å². The lowest BCUT2D eigenvalue weighted by Crippen LogP contribution is -2.27. The fourth-order valence-electron chi connectivity index (χ4n) is 3.27. The number of carbonyl (C=O) groups excluding carboxylic acids is 3. The zero-order valence-corrected chi connectivity index (χ0v) is 19.8. The zero-order valence-electron chi connectivity index (χ0n) is 19.8. The molecule has 3 aromatic carbocycles. The summed E-state index contributed by atoms with van der Waals surface area (Å²) in [6, 6.07) is 15.6. The van der Waals surface area contributed by atoms with Gasteiger partial charge in [-0.25, -0.2) is 9.18 Å². The highest BCUT2D eigenvalue weighted by atomic mass is 19.1. The first kappa shape index (κ1) is 26.0. The summed E-state index contributed by atoms with van der Waals surface area (Å²) in [6.45, 7) is 5.07. The van der Waals surface area contributed by atoms with Gasteiger partial charge >= 0.3 is 6.09 Å². The zero-order chi connectivity index (χ0) is 26.5. The molecular formula is C26H24FN3O6. The summed E-state index contributed by atoms with van der Waals surface area (Å²) in [6.07, 6.45) is -1.39. The van der Waals surface area contributed by atoms with Gasteiger partial charge in [0.05, 0.1) is 22.7 Å². The van der Waals surface area contributed by atoms with Crippen molar-refractivity contribution in [3.63, 3.8) is 0 Å². The van der Waals surface area contributed by atoms with Crippen molar-refractivity contribution in [2.45, 2.75) is 32.8 Å². The molecule has 36 heavy (non-hydrogen) atoms. The van der Waals surface area contributed by atoms with Crippen LogP contribution in [0, 0.1) is 15.9 Å². The van der Waals surface area contributed by atoms with Crippen molar-refractivity contribution in [1.29, 1.82) is 0 Å². The van der Waals surface area contributed by atoms with Crippen LogP contribution >= 0.6 is 0 Å². The van der Waals surface area contributed by atoms with Crippen molar-refractivity contribution in [3.8, 4) is 11.1 Å². The second-order valence-electron chi connectivity index (χ2n) is 8.82. The van der Waals surface area contributed by atoms with Gasteiger partial charge in [-0.3, -0.25) is 25.0 Å². The summed E-state index contributed by atoms with van der Waals surface area (Å²) in [5.74, 6) is -1.85. The molecule has 0 radical (unpaired) electrons. The summed E-state index contributed by atoms with van der Waals surface area (Å²) >= 11 is 0. The van der Waals surface area contributed by atoms with Gasteiger partial charge in [0.1, 0.15) is 11.4 Å². The molecule has 0 saturated heterocycles. The predicted octanol–water partition coefficient (Wildman–Crippen LogP) is 5.96. The monoisotopic (exact) mass is 493 g/mol. The van der Waals surface area contributed by atoms with Crippen molar-refractivity contribution >= 4 is 34.8 Å². The molecular weight excluding hydrogens is 469 g/mol. The second-order valence-corrected chi connectivity index (χ2v) is 8.82. The van der Waals surface area contributed by atoms with Crippen LogP contribution in [-0.2, 0) is 9.53 Å². The number of nitrogens with one attached hydrogen (secondary N) is 2. The molecule has 186 valence electrons. The van der Waals surface area contributed by atoms with Crippen molar-refractivity contribution in [2.75, 3.05) is 10.6 Å². The molecule has 0 fully saturated rings. The van der Waals surface area contributed by atoms with Crippen molar-refractivity contribution in [1.82, 2.24) is 0 Å². The molecule has 0 atom stereocenters. The van der Waals surface area contributed by atoms with Crippen LogP contribution < -0.4 is 10.6 Å². The Morgan fingerprint density at radius 3 is 2.33 bits per heavy atom. The number of rotatable bonds is 7. The van der Waals surface area contributed by atoms with Gasteiger partial charge in [0.15, 0.2) is 5.78 Å². The molecule has 0 aliphatic rings. The van der Waals surface area contributed by atoms with Crippen LogP contribution in [-0.4, -0.2) is 28.3 Å². The topological polar surface area (TPSA) is 128 Å². The second kappa shape index (κ2) is 10.8. The Morgan fingerprint density at radius 1 is 0.944 bits per heavy atom. The van der Waals surface area contributed by atoms with Crippen LogP contribution in [0.3, 0.4) is 0 Å². The van der Waals surface area contributed by atoms with Crippen LogP contribution in [0.4, 0.5) is 26.2 Å². The fraction of sp³-hybridized carbons (Fsp3) is 0.192. The lowest BCUT2D eigenvalue weighted by molar-refractivity contribution is -0.384. The van der Waals surface area contributed by atoms with E-state index in [1.807, 2.05) is 0 Å². The van der Waals surface area contributed by atoms with Gasteiger partial charge in [-0.15, -0.1) is 0 Å². The first-order valence-corrected chi connectivity index (χ1v) is 10.9. The minimum atomic E-state index is -0.774. The maximum atomic E-state index is 14.3. The molecule has 0 unspecified atom stereocenters. The highest BCUT2D eigenvalue weighted by Crippen LogP contribution is 2.31. The van der Waals surface area contributed by atoms with Crippen LogP contribution in [0.1, 0.15) is 37.6 Å². The normalized spacial score (nSPS) is 10.9. The number of halogens is 1. The lowest BCUT2D eigenvalue weighted by Gasteiger charge is -2.21. The van der Waals surface area contributed by atoms with Gasteiger partial charge in [-0.1, -0.05) is 36.4 Å². The molecule has 9 nitrogen and oxygen atoms in total. The Labute approximate surface area is 206 Å². The van der Waals surface area contributed by atoms with Crippen LogP contribution in [0.15, 0.2) is 66.7 Å². The summed E-state index contributed by atoms with van der Waals surface area (Å²) in [5, 5.41) is 16.1. The van der Waals surface area contributed by atoms with Crippen molar-refractivity contribution in [2.24, 2.45) is 0 Å². The van der Waals surface area contributed by atoms with E-state index in [0.29, 0.717) is 5.56 Å². The Balaban J connectivity index is 1.87. The average molecular weight is 493 g/mol. The quantitative estimate of drug-likeness (QED) is 0.181. The number of ether oxygens (including phenoxy) is 1. The summed E-state index contributed by atoms with van der Waals surface area (Å²) < 4.78 is 19.6. The third-order valence-electron chi connectivity index (χ3n) is 4.81. The number of nitro groups is 1. The Kier molecular flexibility index (Phi) is 7.78. The number of benzene rings is 3. The van der Waals surface area contributed by atoms with E-state index in [4.69, 9.17) is 4.74 Å². The van der Waals surface area contributed by atoms with Crippen molar-refractivity contribution < 1.29 is 28.4 Å². The minimum Gasteiger partial charge on any atom is -0.444 e. The van der Waals surface area contributed by atoms with Crippen LogP contribution in [0.25, 0.3) is 11.1 Å². The number of Topliss-reactive ketones (excluding diaryl/α,β-unsaturated/α-hetero) is 1. The number of nitrogens with zero attached hydrogens (tertiary/aromatic N) is 1. The van der Waals surface area contributed by atoms with E-state index in [0.717, 1.165) is 6.07 Å². The molecule has 0 saturated carbocycles. The molecule has 0 aliphatic heterocycles. The number of ketones is 1. The fourth-order valence-corrected chi connectivity index (χ4v) is 3.27. The van der Waals surface area contributed by atoms with Gasteiger partial charge in [0.2, 0.25) is 5.91 Å². The molecule has 0 bridgehead atoms. The van der Waals surface area contributed by atoms with E-state index >= 15 is 0 Å². The van der Waals surface area contributed by atoms with Crippen LogP contribution in [0.2, 0.25) is 0 Å². The predicted molar refractivity (Wildman–Crippen MR) is 132 cm³/mol. The Bertz CT molecular complexity index is 1330. The number of non-ortho nitro benzene ring substituents is 1. The Morgan fingerprint density at radius 2 is 1.67 bits per heavy atom. The SMILES string of the molecule is CC(C)(C)OC(=O)Nc1ccc(-c2ccccc2F)cc1NC(=O)CC(=O)c1cccc([N+](=O)[O-])c1. The third kappa shape index (κ3) is 6.95. The highest BCUT2D eigenvalue weighted by molar-refractivity contribution is 6.12. The summed E-state index contributed by atoms with van der Waals surface area (Å²) in [7, 11) is 0. The number of anilines is 2. The van der Waals surface area contributed by atoms with E-state index < -0.39 is 40.5 Å². The first-order valence-electron chi connectivity index (χ1n) is 10.9. The minimum absolute atomic E-state index is 0.00607. The van der Waals surface area contributed by atoms with E-state index in [1.54, 1.807) is 45.0 Å². The van der Waals surface area contributed by atoms with E-state index in [-0.39, 0.29) is 28.2 Å². The molecule has 10 heteroatoms. The molecule has 2 amide bonds. The molecule has 3 rings (SSSR count). The van der Waals surface area contributed by atoms with Crippen molar-refractivity contribution in [3.05, 3.63) is 88.2 Å². The van der Waals surface area contributed by atoms with E-state index in [2.05, 4.69) is 10.6 Å². The number of hydrogen-bond acceptors (Lipinski definition) is 6. The lowest BCUT2D eigenvalue weighted by atomic mass is 10.0. The number of carbonyl (C=O) groups is 3.